The van der Waals surface area contributed by atoms with Gasteiger partial charge in [0.15, 0.2) is 0 Å². The van der Waals surface area contributed by atoms with Crippen LogP contribution in [0.3, 0.4) is 0 Å². The van der Waals surface area contributed by atoms with Gasteiger partial charge in [-0.15, -0.1) is 0 Å². The van der Waals surface area contributed by atoms with Gasteiger partial charge in [-0.1, -0.05) is 0 Å². The predicted octanol–water partition coefficient (Wildman–Crippen LogP) is 0.511. The average molecular weight is 182 g/mol. The monoisotopic (exact) mass is 182 g/mol. The van der Waals surface area contributed by atoms with E-state index in [-0.39, 0.29) is 11.3 Å². The summed E-state index contributed by atoms with van der Waals surface area (Å²) >= 11 is 0. The number of amides is 1. The Hall–Kier alpha value is -0.570. The van der Waals surface area contributed by atoms with Crippen LogP contribution in [0.25, 0.3) is 0 Å². The summed E-state index contributed by atoms with van der Waals surface area (Å²) in [5.41, 5.74) is -0.123. The predicted molar refractivity (Wildman–Crippen MR) is 51.3 cm³/mol. The molecule has 2 saturated heterocycles. The van der Waals surface area contributed by atoms with E-state index in [1.165, 1.54) is 12.8 Å². The zero-order valence-electron chi connectivity index (χ0n) is 8.39. The minimum atomic E-state index is -0.123. The van der Waals surface area contributed by atoms with Gasteiger partial charge in [0.1, 0.15) is 0 Å². The highest BCUT2D eigenvalue weighted by Gasteiger charge is 2.50. The van der Waals surface area contributed by atoms with E-state index in [0.717, 1.165) is 13.1 Å². The molecule has 1 amide bonds. The number of rotatable bonds is 1. The lowest BCUT2D eigenvalue weighted by Gasteiger charge is -2.49. The first-order valence-corrected chi connectivity index (χ1v) is 5.14. The number of carbonyl (C=O) groups is 1. The Kier molecular flexibility index (Phi) is 2.06. The molecule has 0 bridgehead atoms. The molecule has 0 aromatic carbocycles. The fraction of sp³-hybridized carbons (Fsp3) is 0.900. The standard InChI is InChI=1S/C10H18N2O/c1-10(2)8(12-9(10)13)7-3-5-11-6-4-7/h7-8,11H,3-6H2,1-2H3,(H,12,13)/t8-/m1/s1. The van der Waals surface area contributed by atoms with E-state index in [4.69, 9.17) is 0 Å². The zero-order valence-corrected chi connectivity index (χ0v) is 8.39. The molecule has 0 aromatic rings. The van der Waals surface area contributed by atoms with Gasteiger partial charge in [0.05, 0.1) is 5.41 Å². The zero-order chi connectivity index (χ0) is 9.47. The van der Waals surface area contributed by atoms with Gasteiger partial charge in [-0.25, -0.2) is 0 Å². The molecule has 0 unspecified atom stereocenters. The molecule has 3 nitrogen and oxygen atoms in total. The van der Waals surface area contributed by atoms with Crippen LogP contribution in [0, 0.1) is 11.3 Å². The molecule has 2 N–H and O–H groups in total. The van der Waals surface area contributed by atoms with Gasteiger partial charge in [-0.05, 0) is 45.7 Å². The maximum Gasteiger partial charge on any atom is 0.228 e. The third-order valence-electron chi connectivity index (χ3n) is 3.50. The minimum Gasteiger partial charge on any atom is -0.351 e. The normalized spacial score (nSPS) is 33.7. The lowest BCUT2D eigenvalue weighted by Crippen LogP contribution is -2.67. The van der Waals surface area contributed by atoms with Gasteiger partial charge in [0.25, 0.3) is 0 Å². The van der Waals surface area contributed by atoms with Crippen molar-refractivity contribution < 1.29 is 4.79 Å². The molecule has 13 heavy (non-hydrogen) atoms. The van der Waals surface area contributed by atoms with Crippen LogP contribution < -0.4 is 10.6 Å². The first-order chi connectivity index (χ1) is 6.12. The van der Waals surface area contributed by atoms with Crippen molar-refractivity contribution in [3.8, 4) is 0 Å². The molecule has 1 atom stereocenters. The fourth-order valence-electron chi connectivity index (χ4n) is 2.46. The van der Waals surface area contributed by atoms with Gasteiger partial charge in [0.2, 0.25) is 5.91 Å². The largest absolute Gasteiger partial charge is 0.351 e. The quantitative estimate of drug-likeness (QED) is 0.580. The number of carbonyl (C=O) groups excluding carboxylic acids is 1. The van der Waals surface area contributed by atoms with E-state index in [1.54, 1.807) is 0 Å². The van der Waals surface area contributed by atoms with Crippen molar-refractivity contribution in [3.63, 3.8) is 0 Å². The molecular weight excluding hydrogens is 164 g/mol. The Bertz CT molecular complexity index is 219. The van der Waals surface area contributed by atoms with Crippen LogP contribution in [-0.2, 0) is 4.79 Å². The lowest BCUT2D eigenvalue weighted by atomic mass is 9.68. The van der Waals surface area contributed by atoms with Crippen molar-refractivity contribution in [1.29, 1.82) is 0 Å². The highest BCUT2D eigenvalue weighted by Crippen LogP contribution is 2.37. The second kappa shape index (κ2) is 2.98. The molecular formula is C10H18N2O. The number of piperidine rings is 1. The Morgan fingerprint density at radius 1 is 1.31 bits per heavy atom. The van der Waals surface area contributed by atoms with Crippen molar-refractivity contribution in [2.45, 2.75) is 32.7 Å². The molecule has 3 heteroatoms. The van der Waals surface area contributed by atoms with Crippen molar-refractivity contribution >= 4 is 5.91 Å². The lowest BCUT2D eigenvalue weighted by molar-refractivity contribution is -0.145. The number of nitrogens with one attached hydrogen (secondary N) is 2. The van der Waals surface area contributed by atoms with Crippen molar-refractivity contribution in [3.05, 3.63) is 0 Å². The fourth-order valence-corrected chi connectivity index (χ4v) is 2.46. The van der Waals surface area contributed by atoms with E-state index >= 15 is 0 Å². The molecule has 2 fully saturated rings. The summed E-state index contributed by atoms with van der Waals surface area (Å²) in [7, 11) is 0. The van der Waals surface area contributed by atoms with Crippen molar-refractivity contribution in [2.75, 3.05) is 13.1 Å². The molecule has 2 heterocycles. The van der Waals surface area contributed by atoms with E-state index in [1.807, 2.05) is 0 Å². The Labute approximate surface area is 79.3 Å². The van der Waals surface area contributed by atoms with Crippen LogP contribution in [0.2, 0.25) is 0 Å². The minimum absolute atomic E-state index is 0.123. The Morgan fingerprint density at radius 2 is 1.92 bits per heavy atom. The Morgan fingerprint density at radius 3 is 2.38 bits per heavy atom. The number of β-lactam (4-membered cyclic amide) rings is 1. The molecule has 2 aliphatic heterocycles. The highest BCUT2D eigenvalue weighted by molar-refractivity contribution is 5.89. The Balaban J connectivity index is 1.98. The van der Waals surface area contributed by atoms with Crippen LogP contribution in [0.15, 0.2) is 0 Å². The summed E-state index contributed by atoms with van der Waals surface area (Å²) < 4.78 is 0. The van der Waals surface area contributed by atoms with Gasteiger partial charge < -0.3 is 10.6 Å². The van der Waals surface area contributed by atoms with Crippen molar-refractivity contribution in [1.82, 2.24) is 10.6 Å². The van der Waals surface area contributed by atoms with Crippen LogP contribution in [0.4, 0.5) is 0 Å². The van der Waals surface area contributed by atoms with Gasteiger partial charge in [-0.3, -0.25) is 4.79 Å². The summed E-state index contributed by atoms with van der Waals surface area (Å²) in [5.74, 6) is 0.907. The summed E-state index contributed by atoms with van der Waals surface area (Å²) in [6, 6.07) is 0.419. The average Bonchev–Trinajstić information content (AvgIpc) is 2.15. The summed E-state index contributed by atoms with van der Waals surface area (Å²) in [4.78, 5) is 11.3. The smallest absolute Gasteiger partial charge is 0.228 e. The summed E-state index contributed by atoms with van der Waals surface area (Å²) in [6.07, 6.45) is 2.41. The highest BCUT2D eigenvalue weighted by atomic mass is 16.2. The number of hydrogen-bond donors (Lipinski definition) is 2. The maximum atomic E-state index is 11.3. The molecule has 0 aliphatic carbocycles. The molecule has 0 aromatic heterocycles. The van der Waals surface area contributed by atoms with Crippen LogP contribution in [-0.4, -0.2) is 25.0 Å². The third kappa shape index (κ3) is 1.35. The van der Waals surface area contributed by atoms with Crippen LogP contribution in [0.5, 0.6) is 0 Å². The van der Waals surface area contributed by atoms with Crippen LogP contribution in [0.1, 0.15) is 26.7 Å². The summed E-state index contributed by atoms with van der Waals surface area (Å²) in [5, 5.41) is 6.38. The van der Waals surface area contributed by atoms with Gasteiger partial charge in [-0.2, -0.15) is 0 Å². The molecule has 0 radical (unpaired) electrons. The van der Waals surface area contributed by atoms with E-state index in [9.17, 15) is 4.79 Å². The SMILES string of the molecule is CC1(C)C(=O)N[C@@H]1C1CCNCC1. The molecule has 0 spiro atoms. The van der Waals surface area contributed by atoms with Gasteiger partial charge in [0, 0.05) is 6.04 Å². The topological polar surface area (TPSA) is 41.1 Å². The van der Waals surface area contributed by atoms with Crippen LogP contribution >= 0.6 is 0 Å². The third-order valence-corrected chi connectivity index (χ3v) is 3.50. The van der Waals surface area contributed by atoms with E-state index in [2.05, 4.69) is 24.5 Å². The first kappa shape index (κ1) is 9.00. The second-order valence-corrected chi connectivity index (χ2v) is 4.76. The maximum absolute atomic E-state index is 11.3. The van der Waals surface area contributed by atoms with Gasteiger partial charge >= 0.3 is 0 Å². The van der Waals surface area contributed by atoms with E-state index < -0.39 is 0 Å². The molecule has 2 rings (SSSR count). The van der Waals surface area contributed by atoms with E-state index in [0.29, 0.717) is 12.0 Å². The molecule has 2 aliphatic rings. The first-order valence-electron chi connectivity index (χ1n) is 5.14. The summed E-state index contributed by atoms with van der Waals surface area (Å²) in [6.45, 7) is 6.32. The molecule has 0 saturated carbocycles. The van der Waals surface area contributed by atoms with Crippen molar-refractivity contribution in [2.24, 2.45) is 11.3 Å². The second-order valence-electron chi connectivity index (χ2n) is 4.76. The number of hydrogen-bond acceptors (Lipinski definition) is 2. The molecule has 74 valence electrons.